The summed E-state index contributed by atoms with van der Waals surface area (Å²) in [6.07, 6.45) is 0. The van der Waals surface area contributed by atoms with Crippen molar-refractivity contribution in [1.82, 2.24) is 10.2 Å². The minimum Gasteiger partial charge on any atom is -0.496 e. The minimum atomic E-state index is -0.710. The van der Waals surface area contributed by atoms with E-state index in [1.54, 1.807) is 26.1 Å². The maximum Gasteiger partial charge on any atom is 0.337 e. The molecule has 0 aromatic heterocycles. The smallest absolute Gasteiger partial charge is 0.337 e. The van der Waals surface area contributed by atoms with E-state index in [-0.39, 0.29) is 6.03 Å². The van der Waals surface area contributed by atoms with Crippen LogP contribution in [0.15, 0.2) is 27.9 Å². The Hall–Kier alpha value is -2.22. The van der Waals surface area contributed by atoms with E-state index in [0.29, 0.717) is 32.8 Å². The Morgan fingerprint density at radius 2 is 1.83 bits per heavy atom. The van der Waals surface area contributed by atoms with Gasteiger partial charge in [0.05, 0.1) is 37.4 Å². The molecule has 0 unspecified atom stereocenters. The molecule has 2 amide bonds. The lowest BCUT2D eigenvalue weighted by Gasteiger charge is -2.33. The summed E-state index contributed by atoms with van der Waals surface area (Å²) in [5.74, 6) is 0.542. The van der Waals surface area contributed by atoms with Gasteiger partial charge >= 0.3 is 12.0 Å². The normalized spacial score (nSPS) is 17.5. The first-order chi connectivity index (χ1) is 11.3. The highest BCUT2D eigenvalue weighted by Gasteiger charge is 2.36. The fraction of sp³-hybridized carbons (Fsp3) is 0.375. The summed E-state index contributed by atoms with van der Waals surface area (Å²) in [5.41, 5.74) is 1.44. The fourth-order valence-electron chi connectivity index (χ4n) is 2.55. The zero-order valence-electron chi connectivity index (χ0n) is 14.1. The molecular weight excluding hydrogens is 380 g/mol. The molecule has 0 bridgehead atoms. The van der Waals surface area contributed by atoms with Crippen molar-refractivity contribution in [2.24, 2.45) is 0 Å². The molecular formula is C16H19BrN2O5. The standard InChI is InChI=1S/C16H19BrN2O5/c1-8-13(15(20)24-5)14(18-16(21)19(8)2)9-6-12(23-4)10(17)7-11(9)22-3/h6-7,14H,1-5H3,(H,18,21)/t14-/m1/s1. The van der Waals surface area contributed by atoms with E-state index in [2.05, 4.69) is 21.2 Å². The molecule has 24 heavy (non-hydrogen) atoms. The second-order valence-electron chi connectivity index (χ2n) is 5.16. The van der Waals surface area contributed by atoms with Crippen LogP contribution in [0.25, 0.3) is 0 Å². The molecule has 7 nitrogen and oxygen atoms in total. The van der Waals surface area contributed by atoms with Crippen molar-refractivity contribution in [3.05, 3.63) is 33.4 Å². The van der Waals surface area contributed by atoms with Crippen molar-refractivity contribution < 1.29 is 23.8 Å². The lowest BCUT2D eigenvalue weighted by Crippen LogP contribution is -2.46. The molecule has 0 aliphatic carbocycles. The average molecular weight is 399 g/mol. The summed E-state index contributed by atoms with van der Waals surface area (Å²) in [7, 11) is 5.94. The van der Waals surface area contributed by atoms with Gasteiger partial charge in [0, 0.05) is 18.3 Å². The van der Waals surface area contributed by atoms with Crippen LogP contribution < -0.4 is 14.8 Å². The first-order valence-electron chi connectivity index (χ1n) is 7.10. The molecule has 1 N–H and O–H groups in total. The molecule has 2 rings (SSSR count). The van der Waals surface area contributed by atoms with E-state index < -0.39 is 12.0 Å². The number of benzene rings is 1. The largest absolute Gasteiger partial charge is 0.496 e. The van der Waals surface area contributed by atoms with E-state index in [4.69, 9.17) is 14.2 Å². The fourth-order valence-corrected chi connectivity index (χ4v) is 3.04. The van der Waals surface area contributed by atoms with Gasteiger partial charge in [0.1, 0.15) is 11.5 Å². The van der Waals surface area contributed by atoms with Crippen molar-refractivity contribution in [2.45, 2.75) is 13.0 Å². The molecule has 8 heteroatoms. The monoisotopic (exact) mass is 398 g/mol. The zero-order chi connectivity index (χ0) is 18.0. The molecule has 1 atom stereocenters. The number of nitrogens with zero attached hydrogens (tertiary/aromatic N) is 1. The number of carbonyl (C=O) groups excluding carboxylic acids is 2. The lowest BCUT2D eigenvalue weighted by molar-refractivity contribution is -0.136. The van der Waals surface area contributed by atoms with E-state index >= 15 is 0 Å². The number of carbonyl (C=O) groups is 2. The summed E-state index contributed by atoms with van der Waals surface area (Å²) < 4.78 is 16.3. The highest BCUT2D eigenvalue weighted by Crippen LogP contribution is 2.40. The Bertz CT molecular complexity index is 717. The number of methoxy groups -OCH3 is 3. The molecule has 1 heterocycles. The van der Waals surface area contributed by atoms with Crippen LogP contribution in [-0.2, 0) is 9.53 Å². The molecule has 0 radical (unpaired) electrons. The number of urea groups is 1. The number of halogens is 1. The Balaban J connectivity index is 2.68. The summed E-state index contributed by atoms with van der Waals surface area (Å²) >= 11 is 3.39. The highest BCUT2D eigenvalue weighted by molar-refractivity contribution is 9.10. The van der Waals surface area contributed by atoms with Crippen LogP contribution in [0.5, 0.6) is 11.5 Å². The molecule has 1 aromatic rings. The van der Waals surface area contributed by atoms with Crippen LogP contribution in [0.2, 0.25) is 0 Å². The SMILES string of the molecule is COC(=O)C1=C(C)N(C)C(=O)N[C@@H]1c1cc(OC)c(Br)cc1OC. The van der Waals surface area contributed by atoms with Crippen LogP contribution in [0.1, 0.15) is 18.5 Å². The molecule has 130 valence electrons. The van der Waals surface area contributed by atoms with E-state index in [1.807, 2.05) is 0 Å². The number of allylic oxidation sites excluding steroid dienone is 1. The predicted molar refractivity (Wildman–Crippen MR) is 91.0 cm³/mol. The third-order valence-corrected chi connectivity index (χ3v) is 4.59. The first-order valence-corrected chi connectivity index (χ1v) is 7.89. The molecule has 1 aliphatic rings. The second-order valence-corrected chi connectivity index (χ2v) is 6.02. The Morgan fingerprint density at radius 1 is 1.21 bits per heavy atom. The number of nitrogens with one attached hydrogen (secondary N) is 1. The average Bonchev–Trinajstić information content (AvgIpc) is 2.58. The van der Waals surface area contributed by atoms with Gasteiger partial charge in [0.25, 0.3) is 0 Å². The van der Waals surface area contributed by atoms with Gasteiger partial charge in [0.2, 0.25) is 0 Å². The van der Waals surface area contributed by atoms with Gasteiger partial charge in [-0.3, -0.25) is 0 Å². The molecule has 0 spiro atoms. The molecule has 0 fully saturated rings. The number of hydrogen-bond acceptors (Lipinski definition) is 5. The Labute approximate surface area is 148 Å². The van der Waals surface area contributed by atoms with Crippen molar-refractivity contribution >= 4 is 27.9 Å². The second kappa shape index (κ2) is 7.12. The Morgan fingerprint density at radius 3 is 2.38 bits per heavy atom. The highest BCUT2D eigenvalue weighted by atomic mass is 79.9. The van der Waals surface area contributed by atoms with Gasteiger partial charge in [-0.1, -0.05) is 0 Å². The topological polar surface area (TPSA) is 77.1 Å². The number of rotatable bonds is 4. The number of hydrogen-bond donors (Lipinski definition) is 1. The van der Waals surface area contributed by atoms with Gasteiger partial charge in [0.15, 0.2) is 0 Å². The third-order valence-electron chi connectivity index (χ3n) is 3.97. The maximum atomic E-state index is 12.3. The van der Waals surface area contributed by atoms with Crippen molar-refractivity contribution in [2.75, 3.05) is 28.4 Å². The summed E-state index contributed by atoms with van der Waals surface area (Å²) in [6.45, 7) is 1.69. The predicted octanol–water partition coefficient (Wildman–Crippen LogP) is 2.61. The van der Waals surface area contributed by atoms with E-state index in [0.717, 1.165) is 0 Å². The number of ether oxygens (including phenoxy) is 3. The quantitative estimate of drug-likeness (QED) is 0.788. The summed E-state index contributed by atoms with van der Waals surface area (Å²) in [4.78, 5) is 25.9. The van der Waals surface area contributed by atoms with Crippen LogP contribution in [-0.4, -0.2) is 45.3 Å². The summed E-state index contributed by atoms with van der Waals surface area (Å²) in [6, 6.07) is 2.41. The van der Waals surface area contributed by atoms with E-state index in [1.165, 1.54) is 26.2 Å². The van der Waals surface area contributed by atoms with Crippen LogP contribution in [0.4, 0.5) is 4.79 Å². The molecule has 1 aliphatic heterocycles. The van der Waals surface area contributed by atoms with Crippen molar-refractivity contribution in [1.29, 1.82) is 0 Å². The van der Waals surface area contributed by atoms with Gasteiger partial charge in [-0.15, -0.1) is 0 Å². The lowest BCUT2D eigenvalue weighted by atomic mass is 9.94. The van der Waals surface area contributed by atoms with Gasteiger partial charge in [-0.2, -0.15) is 0 Å². The third kappa shape index (κ3) is 3.06. The number of amides is 2. The Kier molecular flexibility index (Phi) is 5.38. The first kappa shape index (κ1) is 18.1. The van der Waals surface area contributed by atoms with Gasteiger partial charge < -0.3 is 24.4 Å². The number of esters is 1. The van der Waals surface area contributed by atoms with Crippen LogP contribution >= 0.6 is 15.9 Å². The van der Waals surface area contributed by atoms with E-state index in [9.17, 15) is 9.59 Å². The zero-order valence-corrected chi connectivity index (χ0v) is 15.7. The van der Waals surface area contributed by atoms with Crippen molar-refractivity contribution in [3.63, 3.8) is 0 Å². The summed E-state index contributed by atoms with van der Waals surface area (Å²) in [5, 5.41) is 2.80. The molecule has 0 saturated carbocycles. The van der Waals surface area contributed by atoms with Gasteiger partial charge in [-0.05, 0) is 35.0 Å². The minimum absolute atomic E-state index is 0.325. The van der Waals surface area contributed by atoms with Crippen LogP contribution in [0, 0.1) is 0 Å². The maximum absolute atomic E-state index is 12.3. The van der Waals surface area contributed by atoms with Crippen LogP contribution in [0.3, 0.4) is 0 Å². The van der Waals surface area contributed by atoms with Crippen molar-refractivity contribution in [3.8, 4) is 11.5 Å². The molecule has 1 aromatic carbocycles. The molecule has 0 saturated heterocycles. The van der Waals surface area contributed by atoms with Gasteiger partial charge in [-0.25, -0.2) is 9.59 Å².